The first kappa shape index (κ1) is 39.7. The minimum Gasteiger partial charge on any atom is -0.481 e. The molecule has 11 nitrogen and oxygen atoms in total. The van der Waals surface area contributed by atoms with Crippen LogP contribution in [0.1, 0.15) is 39.4 Å². The average Bonchev–Trinajstić information content (AvgIpc) is 3.72. The number of hydrogen-bond donors (Lipinski definition) is 1. The van der Waals surface area contributed by atoms with Crippen LogP contribution in [0.3, 0.4) is 0 Å². The van der Waals surface area contributed by atoms with Crippen LogP contribution in [0.25, 0.3) is 0 Å². The monoisotopic (exact) mass is 769 g/mol. The first-order valence-corrected chi connectivity index (χ1v) is 19.1. The molecule has 57 heavy (non-hydrogen) atoms. The Morgan fingerprint density at radius 3 is 1.60 bits per heavy atom. The van der Waals surface area contributed by atoms with E-state index in [-0.39, 0.29) is 26.4 Å². The maximum Gasteiger partial charge on any atom is 0.312 e. The summed E-state index contributed by atoms with van der Waals surface area (Å²) in [7, 11) is 0. The van der Waals surface area contributed by atoms with Crippen molar-refractivity contribution < 1.29 is 38.3 Å². The molecule has 1 fully saturated rings. The molecule has 6 aromatic rings. The van der Waals surface area contributed by atoms with Crippen molar-refractivity contribution in [1.82, 2.24) is 15.0 Å². The molecule has 7 rings (SSSR count). The molecule has 1 aliphatic rings. The fourth-order valence-electron chi connectivity index (χ4n) is 6.74. The van der Waals surface area contributed by atoms with Crippen LogP contribution in [0.15, 0.2) is 158 Å². The van der Waals surface area contributed by atoms with E-state index in [0.29, 0.717) is 31.1 Å². The lowest BCUT2D eigenvalue weighted by molar-refractivity contribution is -0.331. The maximum atomic E-state index is 12.2. The van der Waals surface area contributed by atoms with E-state index in [4.69, 9.17) is 28.4 Å². The number of aromatic nitrogens is 3. The Hall–Kier alpha value is -5.53. The van der Waals surface area contributed by atoms with Gasteiger partial charge < -0.3 is 33.5 Å². The third kappa shape index (κ3) is 11.5. The number of benzene rings is 5. The highest BCUT2D eigenvalue weighted by atomic mass is 16.7. The first-order valence-electron chi connectivity index (χ1n) is 19.1. The van der Waals surface area contributed by atoms with Crippen LogP contribution in [0, 0.1) is 0 Å². The summed E-state index contributed by atoms with van der Waals surface area (Å²) in [5, 5.41) is 18.6. The number of ether oxygens (including phenoxy) is 6. The molecular weight excluding hydrogens is 723 g/mol. The molecular formula is C46H47N3O8. The Bertz CT molecular complexity index is 2060. The Labute approximate surface area is 332 Å². The number of carboxylic acid groups (broad SMARTS) is 1. The van der Waals surface area contributed by atoms with Crippen LogP contribution >= 0.6 is 0 Å². The highest BCUT2D eigenvalue weighted by Crippen LogP contribution is 2.32. The molecule has 1 N–H and O–H groups in total. The number of carbonyl (C=O) groups is 1. The fourth-order valence-corrected chi connectivity index (χ4v) is 6.74. The smallest absolute Gasteiger partial charge is 0.312 e. The third-order valence-electron chi connectivity index (χ3n) is 9.69. The summed E-state index contributed by atoms with van der Waals surface area (Å²) in [4.78, 5) is 12.2. The lowest BCUT2D eigenvalue weighted by Gasteiger charge is -2.45. The van der Waals surface area contributed by atoms with Gasteiger partial charge in [-0.3, -0.25) is 9.48 Å². The van der Waals surface area contributed by atoms with Crippen molar-refractivity contribution in [1.29, 1.82) is 0 Å². The van der Waals surface area contributed by atoms with Crippen molar-refractivity contribution in [3.8, 4) is 0 Å². The first-order chi connectivity index (χ1) is 28.1. The van der Waals surface area contributed by atoms with Gasteiger partial charge in [0.05, 0.1) is 52.4 Å². The van der Waals surface area contributed by atoms with Gasteiger partial charge in [-0.1, -0.05) is 157 Å². The molecule has 1 aliphatic heterocycles. The summed E-state index contributed by atoms with van der Waals surface area (Å²) in [5.41, 5.74) is 5.18. The second kappa shape index (κ2) is 20.6. The molecule has 0 radical (unpaired) electrons. The number of hydrogen-bond acceptors (Lipinski definition) is 9. The molecule has 1 saturated heterocycles. The quantitative estimate of drug-likeness (QED) is 0.0843. The Morgan fingerprint density at radius 1 is 0.596 bits per heavy atom. The minimum absolute atomic E-state index is 0.0114. The summed E-state index contributed by atoms with van der Waals surface area (Å²) in [5.74, 6) is -1.75. The predicted molar refractivity (Wildman–Crippen MR) is 211 cm³/mol. The summed E-state index contributed by atoms with van der Waals surface area (Å²) >= 11 is 0. The molecule has 11 heteroatoms. The van der Waals surface area contributed by atoms with Gasteiger partial charge in [0.1, 0.15) is 36.0 Å². The molecule has 0 amide bonds. The van der Waals surface area contributed by atoms with E-state index in [2.05, 4.69) is 10.3 Å². The van der Waals surface area contributed by atoms with Gasteiger partial charge in [-0.15, -0.1) is 5.10 Å². The second-order valence-corrected chi connectivity index (χ2v) is 13.9. The van der Waals surface area contributed by atoms with Crippen LogP contribution < -0.4 is 0 Å². The summed E-state index contributed by atoms with van der Waals surface area (Å²) < 4.78 is 41.4. The Morgan fingerprint density at radius 2 is 1.07 bits per heavy atom. The topological polar surface area (TPSA) is 123 Å². The zero-order chi connectivity index (χ0) is 39.1. The summed E-state index contributed by atoms with van der Waals surface area (Å²) in [6.07, 6.45) is -1.87. The van der Waals surface area contributed by atoms with Crippen molar-refractivity contribution in [3.63, 3.8) is 0 Å². The van der Waals surface area contributed by atoms with Gasteiger partial charge in [0.25, 0.3) is 0 Å². The number of nitrogens with zero attached hydrogens (tertiary/aromatic N) is 3. The maximum absolute atomic E-state index is 12.2. The van der Waals surface area contributed by atoms with Crippen molar-refractivity contribution in [2.45, 2.75) is 76.2 Å². The minimum atomic E-state index is -0.949. The highest BCUT2D eigenvalue weighted by molar-refractivity contribution is 5.75. The van der Waals surface area contributed by atoms with Gasteiger partial charge in [-0.05, 0) is 27.8 Å². The average molecular weight is 770 g/mol. The highest BCUT2D eigenvalue weighted by Gasteiger charge is 2.49. The molecule has 0 saturated carbocycles. The van der Waals surface area contributed by atoms with E-state index in [1.54, 1.807) is 18.3 Å². The van der Waals surface area contributed by atoms with E-state index in [0.717, 1.165) is 22.3 Å². The molecule has 5 aromatic carbocycles. The van der Waals surface area contributed by atoms with Crippen LogP contribution in [0.2, 0.25) is 0 Å². The molecule has 294 valence electrons. The molecule has 1 unspecified atom stereocenters. The van der Waals surface area contributed by atoms with E-state index in [1.807, 2.05) is 140 Å². The van der Waals surface area contributed by atoms with Crippen LogP contribution in [0.5, 0.6) is 0 Å². The Kier molecular flexibility index (Phi) is 14.3. The van der Waals surface area contributed by atoms with Crippen LogP contribution in [-0.2, 0) is 72.8 Å². The number of rotatable bonds is 20. The van der Waals surface area contributed by atoms with Gasteiger partial charge in [-0.25, -0.2) is 0 Å². The lowest BCUT2D eigenvalue weighted by Crippen LogP contribution is -2.61. The molecule has 1 aromatic heterocycles. The molecule has 0 bridgehead atoms. The predicted octanol–water partition coefficient (Wildman–Crippen LogP) is 7.36. The molecule has 0 spiro atoms. The van der Waals surface area contributed by atoms with Gasteiger partial charge in [0.2, 0.25) is 0 Å². The van der Waals surface area contributed by atoms with Crippen LogP contribution in [0.4, 0.5) is 0 Å². The largest absolute Gasteiger partial charge is 0.481 e. The molecule has 2 heterocycles. The van der Waals surface area contributed by atoms with Gasteiger partial charge >= 0.3 is 5.97 Å². The van der Waals surface area contributed by atoms with Gasteiger partial charge in [0.15, 0.2) is 6.29 Å². The summed E-state index contributed by atoms with van der Waals surface area (Å²) in [6.45, 7) is 1.57. The SMILES string of the molecule is O=C(O)C(Cn1cc(CO[C@@H]2O[C@H](COCc3ccccc3)[C@@H](OCc3ccccc3)[C@H](OCc3ccccc3)[C@H]2OCc2ccccc2)nn1)c1ccccc1. The van der Waals surface area contributed by atoms with E-state index < -0.39 is 42.6 Å². The van der Waals surface area contributed by atoms with E-state index >= 15 is 0 Å². The second-order valence-electron chi connectivity index (χ2n) is 13.9. The number of carboxylic acids is 1. The van der Waals surface area contributed by atoms with E-state index in [9.17, 15) is 9.90 Å². The van der Waals surface area contributed by atoms with E-state index in [1.165, 1.54) is 4.68 Å². The van der Waals surface area contributed by atoms with Gasteiger partial charge in [-0.2, -0.15) is 0 Å². The molecule has 0 aliphatic carbocycles. The zero-order valence-electron chi connectivity index (χ0n) is 31.6. The fraction of sp³-hybridized carbons (Fsp3) is 0.283. The van der Waals surface area contributed by atoms with Crippen molar-refractivity contribution >= 4 is 5.97 Å². The van der Waals surface area contributed by atoms with Gasteiger partial charge in [0, 0.05) is 0 Å². The lowest BCUT2D eigenvalue weighted by atomic mass is 9.97. The normalized spacial score (nSPS) is 19.9. The molecule has 6 atom stereocenters. The third-order valence-corrected chi connectivity index (χ3v) is 9.69. The number of aliphatic carboxylic acids is 1. The zero-order valence-corrected chi connectivity index (χ0v) is 31.6. The van der Waals surface area contributed by atoms with Crippen molar-refractivity contribution in [2.75, 3.05) is 6.61 Å². The summed E-state index contributed by atoms with van der Waals surface area (Å²) in [6, 6.07) is 48.9. The Balaban J connectivity index is 1.15. The van der Waals surface area contributed by atoms with Crippen LogP contribution in [-0.4, -0.2) is 63.4 Å². The van der Waals surface area contributed by atoms with Crippen molar-refractivity contribution in [2.24, 2.45) is 0 Å². The standard InChI is InChI=1S/C46H47N3O8/c50-45(51)40(38-24-14-5-15-25-38)27-49-26-39(47-48-49)32-56-46-44(55-31-37-22-12-4-13-23-37)43(54-30-36-20-10-3-11-21-36)42(53-29-35-18-8-2-9-19-35)41(57-46)33-52-28-34-16-6-1-7-17-34/h1-26,40-44,46H,27-33H2,(H,50,51)/t40?,41-,42-,43+,44-,46-/m1/s1. The van der Waals surface area contributed by atoms with Crippen molar-refractivity contribution in [3.05, 3.63) is 191 Å².